The molecule has 1 saturated heterocycles. The van der Waals surface area contributed by atoms with Crippen molar-refractivity contribution in [2.45, 2.75) is 39.7 Å². The number of hydrogen-bond donors (Lipinski definition) is 1. The summed E-state index contributed by atoms with van der Waals surface area (Å²) in [5.74, 6) is 0.467. The first-order chi connectivity index (χ1) is 16.9. The Kier molecular flexibility index (Phi) is 7.70. The highest BCUT2D eigenvalue weighted by Crippen LogP contribution is 2.33. The highest BCUT2D eigenvalue weighted by molar-refractivity contribution is 5.98. The van der Waals surface area contributed by atoms with Gasteiger partial charge in [0, 0.05) is 61.8 Å². The number of carbonyl (C=O) groups is 1. The summed E-state index contributed by atoms with van der Waals surface area (Å²) >= 11 is 0. The van der Waals surface area contributed by atoms with Gasteiger partial charge in [0.05, 0.1) is 12.7 Å². The zero-order valence-corrected chi connectivity index (χ0v) is 21.1. The van der Waals surface area contributed by atoms with E-state index < -0.39 is 0 Å². The number of ether oxygens (including phenoxy) is 1. The molecule has 3 aromatic rings. The van der Waals surface area contributed by atoms with Crippen molar-refractivity contribution < 1.29 is 9.53 Å². The third-order valence-electron chi connectivity index (χ3n) is 6.56. The molecule has 1 aliphatic rings. The fourth-order valence-electron chi connectivity index (χ4n) is 4.46. The number of piperazine rings is 1. The van der Waals surface area contributed by atoms with Gasteiger partial charge in [-0.2, -0.15) is 0 Å². The Balaban J connectivity index is 1.72. The molecular weight excluding hydrogens is 442 g/mol. The number of aryl methyl sites for hydroxylation is 1. The molecule has 3 aromatic heterocycles. The predicted octanol–water partition coefficient (Wildman–Crippen LogP) is 3.84. The lowest BCUT2D eigenvalue weighted by Crippen LogP contribution is -2.47. The summed E-state index contributed by atoms with van der Waals surface area (Å²) in [5, 5.41) is 0.794. The number of amides is 1. The second-order valence-corrected chi connectivity index (χ2v) is 9.23. The van der Waals surface area contributed by atoms with Gasteiger partial charge < -0.3 is 24.1 Å². The van der Waals surface area contributed by atoms with E-state index >= 15 is 0 Å². The summed E-state index contributed by atoms with van der Waals surface area (Å²) in [4.78, 5) is 38.2. The van der Waals surface area contributed by atoms with Crippen LogP contribution in [0.3, 0.4) is 0 Å². The average molecular weight is 478 g/mol. The minimum atomic E-state index is -0.0715. The summed E-state index contributed by atoms with van der Waals surface area (Å²) in [5.41, 5.74) is 3.27. The Morgan fingerprint density at radius 3 is 2.69 bits per heavy atom. The first kappa shape index (κ1) is 24.7. The molecule has 0 aromatic carbocycles. The number of aromatic amines is 1. The van der Waals surface area contributed by atoms with E-state index in [-0.39, 0.29) is 11.5 Å². The number of methoxy groups -OCH3 is 1. The number of fused-ring (bicyclic) bond motifs is 1. The van der Waals surface area contributed by atoms with Crippen molar-refractivity contribution in [2.75, 3.05) is 40.3 Å². The number of likely N-dealkylation sites (N-methyl/N-ethyl adjacent to an activating group) is 1. The largest absolute Gasteiger partial charge is 0.494 e. The van der Waals surface area contributed by atoms with Crippen molar-refractivity contribution in [1.82, 2.24) is 24.3 Å². The van der Waals surface area contributed by atoms with Crippen LogP contribution in [0.4, 0.5) is 0 Å². The van der Waals surface area contributed by atoms with Crippen LogP contribution in [0.2, 0.25) is 0 Å². The fraction of sp³-hybridized carbons (Fsp3) is 0.444. The maximum atomic E-state index is 13.1. The van der Waals surface area contributed by atoms with Gasteiger partial charge in [-0.15, -0.1) is 0 Å². The molecule has 1 fully saturated rings. The van der Waals surface area contributed by atoms with Crippen molar-refractivity contribution in [3.63, 3.8) is 0 Å². The number of nitrogens with one attached hydrogen (secondary N) is 1. The van der Waals surface area contributed by atoms with E-state index in [1.807, 2.05) is 30.2 Å². The van der Waals surface area contributed by atoms with E-state index in [1.54, 1.807) is 23.9 Å². The maximum absolute atomic E-state index is 13.1. The number of hydrogen-bond acceptors (Lipinski definition) is 5. The Hall–Kier alpha value is -3.39. The van der Waals surface area contributed by atoms with Gasteiger partial charge in [0.1, 0.15) is 17.0 Å². The summed E-state index contributed by atoms with van der Waals surface area (Å²) in [6, 6.07) is 3.71. The lowest BCUT2D eigenvalue weighted by atomic mass is 10.1. The quantitative estimate of drug-likeness (QED) is 0.394. The first-order valence-electron chi connectivity index (χ1n) is 12.3. The molecule has 186 valence electrons. The number of aromatic nitrogens is 3. The number of nitrogens with zero attached hydrogens (tertiary/aromatic N) is 4. The molecule has 4 heterocycles. The van der Waals surface area contributed by atoms with Crippen molar-refractivity contribution >= 4 is 16.8 Å². The van der Waals surface area contributed by atoms with Crippen LogP contribution < -0.4 is 10.3 Å². The summed E-state index contributed by atoms with van der Waals surface area (Å²) in [6.07, 6.45) is 10.9. The third kappa shape index (κ3) is 5.32. The lowest BCUT2D eigenvalue weighted by Gasteiger charge is -2.32. The number of pyridine rings is 2. The Bertz CT molecular complexity index is 1280. The Morgan fingerprint density at radius 2 is 1.97 bits per heavy atom. The molecule has 1 aliphatic heterocycles. The molecule has 1 N–H and O–H groups in total. The van der Waals surface area contributed by atoms with Gasteiger partial charge in [0.15, 0.2) is 0 Å². The second-order valence-electron chi connectivity index (χ2n) is 9.23. The minimum absolute atomic E-state index is 0.0414. The van der Waals surface area contributed by atoms with Gasteiger partial charge in [-0.05, 0) is 32.5 Å². The number of unbranched alkanes of at least 4 members (excludes halogenated alkanes) is 2. The highest BCUT2D eigenvalue weighted by Gasteiger charge is 2.23. The molecule has 8 heteroatoms. The maximum Gasteiger partial charge on any atom is 0.275 e. The van der Waals surface area contributed by atoms with E-state index in [2.05, 4.69) is 34.9 Å². The number of H-pyrrole nitrogens is 1. The molecule has 4 rings (SSSR count). The minimum Gasteiger partial charge on any atom is -0.494 e. The van der Waals surface area contributed by atoms with Crippen molar-refractivity contribution in [1.29, 1.82) is 0 Å². The van der Waals surface area contributed by atoms with Crippen LogP contribution in [-0.4, -0.2) is 70.6 Å². The van der Waals surface area contributed by atoms with Crippen LogP contribution in [0, 0.1) is 6.92 Å². The fourth-order valence-corrected chi connectivity index (χ4v) is 4.46. The standard InChI is InChI=1S/C27H35N5O3/c1-5-6-7-8-9-10-32-18-22(21-15-19(2)29-25(21)27(32)34)24-23(35-4)16-20(17-28-24)26(33)31-13-11-30(3)12-14-31/h8-9,15-18,29H,5-7,10-14H2,1-4H3/b9-8+. The zero-order valence-electron chi connectivity index (χ0n) is 21.1. The predicted molar refractivity (Wildman–Crippen MR) is 139 cm³/mol. The van der Waals surface area contributed by atoms with E-state index in [0.717, 1.165) is 49.0 Å². The lowest BCUT2D eigenvalue weighted by molar-refractivity contribution is 0.0663. The van der Waals surface area contributed by atoms with Gasteiger partial charge in [-0.1, -0.05) is 31.9 Å². The zero-order chi connectivity index (χ0) is 24.9. The van der Waals surface area contributed by atoms with Crippen molar-refractivity contribution in [3.8, 4) is 17.0 Å². The molecular formula is C27H35N5O3. The van der Waals surface area contributed by atoms with E-state index in [0.29, 0.717) is 42.2 Å². The SMILES string of the molecule is CCCC/C=C/Cn1cc(-c2ncc(C(=O)N3CCN(C)CC3)cc2OC)c2cc(C)[nH]c2c1=O. The molecule has 35 heavy (non-hydrogen) atoms. The molecule has 8 nitrogen and oxygen atoms in total. The first-order valence-corrected chi connectivity index (χ1v) is 12.3. The normalized spacial score (nSPS) is 14.8. The van der Waals surface area contributed by atoms with Gasteiger partial charge in [-0.25, -0.2) is 0 Å². The van der Waals surface area contributed by atoms with Crippen LogP contribution in [-0.2, 0) is 6.54 Å². The summed E-state index contributed by atoms with van der Waals surface area (Å²) < 4.78 is 7.39. The van der Waals surface area contributed by atoms with Gasteiger partial charge >= 0.3 is 0 Å². The van der Waals surface area contributed by atoms with Crippen molar-refractivity contribution in [3.05, 3.63) is 58.3 Å². The van der Waals surface area contributed by atoms with Crippen LogP contribution in [0.5, 0.6) is 5.75 Å². The Labute approximate surface area is 206 Å². The smallest absolute Gasteiger partial charge is 0.275 e. The molecule has 0 bridgehead atoms. The number of carbonyl (C=O) groups excluding carboxylic acids is 1. The Morgan fingerprint density at radius 1 is 1.20 bits per heavy atom. The molecule has 0 aliphatic carbocycles. The van der Waals surface area contributed by atoms with Gasteiger partial charge in [0.25, 0.3) is 11.5 Å². The molecule has 0 saturated carbocycles. The number of allylic oxidation sites excluding steroid dienone is 2. The van der Waals surface area contributed by atoms with Gasteiger partial charge in [0.2, 0.25) is 0 Å². The topological polar surface area (TPSA) is 83.5 Å². The molecule has 0 unspecified atom stereocenters. The monoisotopic (exact) mass is 477 g/mol. The van der Waals surface area contributed by atoms with Crippen LogP contribution in [0.15, 0.2) is 41.5 Å². The van der Waals surface area contributed by atoms with Crippen molar-refractivity contribution in [2.24, 2.45) is 0 Å². The third-order valence-corrected chi connectivity index (χ3v) is 6.56. The van der Waals surface area contributed by atoms with Gasteiger partial charge in [-0.3, -0.25) is 14.6 Å². The van der Waals surface area contributed by atoms with Crippen LogP contribution >= 0.6 is 0 Å². The molecule has 0 radical (unpaired) electrons. The summed E-state index contributed by atoms with van der Waals surface area (Å²) in [7, 11) is 3.64. The van der Waals surface area contributed by atoms with Crippen LogP contribution in [0.25, 0.3) is 22.2 Å². The number of rotatable bonds is 8. The average Bonchev–Trinajstić information content (AvgIpc) is 3.27. The van der Waals surface area contributed by atoms with Crippen LogP contribution in [0.1, 0.15) is 42.2 Å². The van der Waals surface area contributed by atoms with E-state index in [4.69, 9.17) is 4.74 Å². The summed E-state index contributed by atoms with van der Waals surface area (Å²) in [6.45, 7) is 7.67. The molecule has 0 atom stereocenters. The molecule has 0 spiro atoms. The second kappa shape index (κ2) is 10.9. The highest BCUT2D eigenvalue weighted by atomic mass is 16.5. The van der Waals surface area contributed by atoms with E-state index in [1.165, 1.54) is 0 Å². The van der Waals surface area contributed by atoms with E-state index in [9.17, 15) is 9.59 Å². The molecule has 1 amide bonds.